The third kappa shape index (κ3) is 2.01. The zero-order chi connectivity index (χ0) is 16.9. The fourth-order valence-electron chi connectivity index (χ4n) is 4.18. The Kier molecular flexibility index (Phi) is 3.27. The summed E-state index contributed by atoms with van der Waals surface area (Å²) in [5.74, 6) is -0.163. The number of hydrogen-bond donors (Lipinski definition) is 0. The number of ether oxygens (including phenoxy) is 1. The van der Waals surface area contributed by atoms with Crippen molar-refractivity contribution in [1.29, 1.82) is 0 Å². The summed E-state index contributed by atoms with van der Waals surface area (Å²) >= 11 is 0. The van der Waals surface area contributed by atoms with Crippen LogP contribution in [0.4, 0.5) is 0 Å². The zero-order valence-corrected chi connectivity index (χ0v) is 14.3. The number of aryl methyl sites for hydroxylation is 1. The maximum Gasteiger partial charge on any atom is 0.306 e. The van der Waals surface area contributed by atoms with Crippen LogP contribution in [0.15, 0.2) is 48.5 Å². The molecule has 0 bridgehead atoms. The third-order valence-corrected chi connectivity index (χ3v) is 5.33. The molecular weight excluding hydrogens is 298 g/mol. The summed E-state index contributed by atoms with van der Waals surface area (Å²) in [4.78, 5) is 12.0. The predicted molar refractivity (Wildman–Crippen MR) is 96.1 cm³/mol. The highest BCUT2D eigenvalue weighted by Gasteiger charge is 2.38. The highest BCUT2D eigenvalue weighted by Crippen LogP contribution is 2.46. The molecule has 0 fully saturated rings. The van der Waals surface area contributed by atoms with Crippen molar-refractivity contribution in [3.63, 3.8) is 0 Å². The van der Waals surface area contributed by atoms with E-state index in [4.69, 9.17) is 4.74 Å². The van der Waals surface area contributed by atoms with Crippen LogP contribution >= 0.6 is 0 Å². The molecule has 1 aliphatic heterocycles. The molecule has 0 saturated carbocycles. The van der Waals surface area contributed by atoms with E-state index in [1.807, 2.05) is 0 Å². The first-order valence-electron chi connectivity index (χ1n) is 8.30. The topological polar surface area (TPSA) is 31.2 Å². The Labute approximate surface area is 141 Å². The van der Waals surface area contributed by atoms with E-state index in [0.717, 1.165) is 6.54 Å². The van der Waals surface area contributed by atoms with Crippen LogP contribution < -0.4 is 0 Å². The Morgan fingerprint density at radius 1 is 1.17 bits per heavy atom. The normalized spacial score (nSPS) is 19.0. The van der Waals surface area contributed by atoms with E-state index >= 15 is 0 Å². The van der Waals surface area contributed by atoms with E-state index in [1.54, 1.807) is 0 Å². The molecule has 3 aromatic rings. The van der Waals surface area contributed by atoms with Gasteiger partial charge in [-0.25, -0.2) is 0 Å². The summed E-state index contributed by atoms with van der Waals surface area (Å²) < 4.78 is 7.34. The number of benzene rings is 2. The second-order valence-corrected chi connectivity index (χ2v) is 6.94. The van der Waals surface area contributed by atoms with E-state index < -0.39 is 0 Å². The van der Waals surface area contributed by atoms with Gasteiger partial charge in [0.15, 0.2) is 0 Å². The minimum absolute atomic E-state index is 0.163. The average Bonchev–Trinajstić information content (AvgIpc) is 2.88. The van der Waals surface area contributed by atoms with Crippen molar-refractivity contribution in [2.75, 3.05) is 7.11 Å². The van der Waals surface area contributed by atoms with E-state index in [-0.39, 0.29) is 11.4 Å². The Balaban J connectivity index is 2.01. The summed E-state index contributed by atoms with van der Waals surface area (Å²) in [6, 6.07) is 17.0. The minimum Gasteiger partial charge on any atom is -0.469 e. The molecule has 3 nitrogen and oxygen atoms in total. The molecular formula is C21H21NO2. The Hall–Kier alpha value is -2.55. The Morgan fingerprint density at radius 2 is 1.88 bits per heavy atom. The van der Waals surface area contributed by atoms with Gasteiger partial charge in [0.1, 0.15) is 0 Å². The molecule has 0 aliphatic carbocycles. The molecule has 1 atom stereocenters. The molecule has 24 heavy (non-hydrogen) atoms. The van der Waals surface area contributed by atoms with Gasteiger partial charge >= 0.3 is 5.97 Å². The van der Waals surface area contributed by atoms with Crippen molar-refractivity contribution in [2.24, 2.45) is 0 Å². The first kappa shape index (κ1) is 15.0. The van der Waals surface area contributed by atoms with Crippen LogP contribution in [0.1, 0.15) is 24.5 Å². The minimum atomic E-state index is -0.273. The van der Waals surface area contributed by atoms with Gasteiger partial charge in [0.25, 0.3) is 0 Å². The molecule has 1 aromatic heterocycles. The fourth-order valence-corrected chi connectivity index (χ4v) is 4.18. The number of carbonyl (C=O) groups is 1. The zero-order valence-electron chi connectivity index (χ0n) is 14.3. The lowest BCUT2D eigenvalue weighted by Crippen LogP contribution is -2.35. The summed E-state index contributed by atoms with van der Waals surface area (Å²) in [6.07, 6.45) is 0.380. The number of para-hydroxylation sites is 1. The van der Waals surface area contributed by atoms with Crippen molar-refractivity contribution >= 4 is 16.9 Å². The van der Waals surface area contributed by atoms with E-state index in [0.29, 0.717) is 6.42 Å². The molecule has 1 aliphatic rings. The highest BCUT2D eigenvalue weighted by molar-refractivity contribution is 5.93. The van der Waals surface area contributed by atoms with Crippen molar-refractivity contribution in [3.8, 4) is 11.3 Å². The van der Waals surface area contributed by atoms with Crippen LogP contribution in [0.5, 0.6) is 0 Å². The molecule has 4 rings (SSSR count). The van der Waals surface area contributed by atoms with Crippen molar-refractivity contribution in [1.82, 2.24) is 4.57 Å². The van der Waals surface area contributed by atoms with Crippen molar-refractivity contribution < 1.29 is 9.53 Å². The Bertz CT molecular complexity index is 954. The SMILES string of the molecule is COC(=O)CC1(C)Cn2c(c(C)c3ccccc32)-c2ccccc21. The van der Waals surface area contributed by atoms with Crippen LogP contribution in [0.3, 0.4) is 0 Å². The maximum absolute atomic E-state index is 12.0. The molecule has 2 heterocycles. The first-order valence-corrected chi connectivity index (χ1v) is 8.30. The van der Waals surface area contributed by atoms with Crippen LogP contribution in [0.25, 0.3) is 22.2 Å². The van der Waals surface area contributed by atoms with Gasteiger partial charge in [0.05, 0.1) is 19.2 Å². The van der Waals surface area contributed by atoms with Gasteiger partial charge < -0.3 is 9.30 Å². The van der Waals surface area contributed by atoms with Crippen LogP contribution in [-0.4, -0.2) is 17.6 Å². The number of fused-ring (bicyclic) bond motifs is 5. The van der Waals surface area contributed by atoms with Crippen LogP contribution in [-0.2, 0) is 21.5 Å². The van der Waals surface area contributed by atoms with Gasteiger partial charge in [-0.1, -0.05) is 49.4 Å². The second kappa shape index (κ2) is 5.23. The molecule has 0 saturated heterocycles. The quantitative estimate of drug-likeness (QED) is 0.653. The second-order valence-electron chi connectivity index (χ2n) is 6.94. The van der Waals surface area contributed by atoms with Crippen LogP contribution in [0, 0.1) is 6.92 Å². The molecule has 0 spiro atoms. The average molecular weight is 319 g/mol. The number of rotatable bonds is 2. The number of carbonyl (C=O) groups excluding carboxylic acids is 1. The van der Waals surface area contributed by atoms with Gasteiger partial charge in [-0.3, -0.25) is 4.79 Å². The van der Waals surface area contributed by atoms with Gasteiger partial charge in [-0.15, -0.1) is 0 Å². The summed E-state index contributed by atoms with van der Waals surface area (Å²) in [5, 5.41) is 1.28. The largest absolute Gasteiger partial charge is 0.469 e. The molecule has 3 heteroatoms. The lowest BCUT2D eigenvalue weighted by atomic mass is 9.74. The summed E-state index contributed by atoms with van der Waals surface area (Å²) in [7, 11) is 1.46. The molecule has 0 radical (unpaired) electrons. The highest BCUT2D eigenvalue weighted by atomic mass is 16.5. The number of nitrogens with zero attached hydrogens (tertiary/aromatic N) is 1. The number of methoxy groups -OCH3 is 1. The van der Waals surface area contributed by atoms with E-state index in [9.17, 15) is 4.79 Å². The molecule has 0 N–H and O–H groups in total. The molecule has 1 unspecified atom stereocenters. The summed E-state index contributed by atoms with van der Waals surface area (Å²) in [5.41, 5.74) is 5.99. The maximum atomic E-state index is 12.0. The van der Waals surface area contributed by atoms with Gasteiger partial charge in [-0.2, -0.15) is 0 Å². The molecule has 122 valence electrons. The third-order valence-electron chi connectivity index (χ3n) is 5.33. The number of esters is 1. The van der Waals surface area contributed by atoms with E-state index in [2.05, 4.69) is 66.9 Å². The van der Waals surface area contributed by atoms with Gasteiger partial charge in [-0.05, 0) is 24.1 Å². The lowest BCUT2D eigenvalue weighted by molar-refractivity contribution is -0.142. The van der Waals surface area contributed by atoms with Gasteiger partial charge in [0, 0.05) is 28.4 Å². The van der Waals surface area contributed by atoms with Crippen molar-refractivity contribution in [2.45, 2.75) is 32.2 Å². The Morgan fingerprint density at radius 3 is 2.67 bits per heavy atom. The molecule has 2 aromatic carbocycles. The monoisotopic (exact) mass is 319 g/mol. The smallest absolute Gasteiger partial charge is 0.306 e. The van der Waals surface area contributed by atoms with Gasteiger partial charge in [0.2, 0.25) is 0 Å². The predicted octanol–water partition coefficient (Wildman–Crippen LogP) is 4.45. The first-order chi connectivity index (χ1) is 11.5. The van der Waals surface area contributed by atoms with Crippen molar-refractivity contribution in [3.05, 3.63) is 59.7 Å². The lowest BCUT2D eigenvalue weighted by Gasteiger charge is -2.37. The standard InChI is InChI=1S/C21H21NO2/c1-14-15-8-5-7-11-18(15)22-13-21(2,12-19(23)24-3)17-10-6-4-9-16(17)20(14)22/h4-11H,12-13H2,1-3H3. The summed E-state index contributed by atoms with van der Waals surface area (Å²) in [6.45, 7) is 5.13. The number of hydrogen-bond acceptors (Lipinski definition) is 2. The number of aromatic nitrogens is 1. The fraction of sp³-hybridized carbons (Fsp3) is 0.286. The molecule has 0 amide bonds. The van der Waals surface area contributed by atoms with Crippen LogP contribution in [0.2, 0.25) is 0 Å². The van der Waals surface area contributed by atoms with E-state index in [1.165, 1.54) is 40.4 Å².